The second-order valence-electron chi connectivity index (χ2n) is 6.15. The lowest BCUT2D eigenvalue weighted by Gasteiger charge is -2.30. The van der Waals surface area contributed by atoms with E-state index in [1.54, 1.807) is 18.4 Å². The smallest absolute Gasteiger partial charge is 0.134 e. The molecule has 0 aromatic carbocycles. The molecule has 0 aliphatic carbocycles. The fourth-order valence-electron chi connectivity index (χ4n) is 3.07. The van der Waals surface area contributed by atoms with Crippen molar-refractivity contribution in [3.8, 4) is 5.75 Å². The van der Waals surface area contributed by atoms with Crippen LogP contribution < -0.4 is 10.5 Å². The van der Waals surface area contributed by atoms with Crippen LogP contribution in [0.2, 0.25) is 0 Å². The van der Waals surface area contributed by atoms with E-state index in [-0.39, 0.29) is 17.2 Å². The largest absolute Gasteiger partial charge is 0.496 e. The summed E-state index contributed by atoms with van der Waals surface area (Å²) in [5.41, 5.74) is 6.17. The number of rotatable bonds is 3. The van der Waals surface area contributed by atoms with Gasteiger partial charge in [-0.3, -0.25) is 0 Å². The summed E-state index contributed by atoms with van der Waals surface area (Å²) in [4.78, 5) is 1.12. The van der Waals surface area contributed by atoms with E-state index in [2.05, 4.69) is 27.7 Å². The molecule has 1 aliphatic rings. The maximum Gasteiger partial charge on any atom is 0.134 e. The monoisotopic (exact) mass is 269 g/mol. The number of ether oxygens (including phenoxy) is 2. The predicted molar refractivity (Wildman–Crippen MR) is 75.1 cm³/mol. The van der Waals surface area contributed by atoms with Crippen LogP contribution in [0.25, 0.3) is 0 Å². The Hall–Kier alpha value is -0.580. The zero-order chi connectivity index (χ0) is 13.6. The Morgan fingerprint density at radius 1 is 1.44 bits per heavy atom. The molecule has 2 rings (SSSR count). The van der Waals surface area contributed by atoms with Gasteiger partial charge in [-0.2, -0.15) is 0 Å². The van der Waals surface area contributed by atoms with Gasteiger partial charge in [-0.05, 0) is 45.6 Å². The number of methoxy groups -OCH3 is 1. The van der Waals surface area contributed by atoms with Gasteiger partial charge in [0, 0.05) is 12.0 Å². The fourth-order valence-corrected chi connectivity index (χ4v) is 3.99. The Balaban J connectivity index is 2.27. The van der Waals surface area contributed by atoms with E-state index < -0.39 is 0 Å². The number of hydrogen-bond acceptors (Lipinski definition) is 4. The standard InChI is InChI=1S/C14H23NO2S/c1-13(2)8-9(14(3,4)17-13)11(15)12-10(16-5)6-7-18-12/h6-7,9,11H,8,15H2,1-5H3. The molecule has 0 bridgehead atoms. The Bertz CT molecular complexity index is 425. The average molecular weight is 269 g/mol. The third-order valence-electron chi connectivity index (χ3n) is 3.76. The van der Waals surface area contributed by atoms with Crippen molar-refractivity contribution < 1.29 is 9.47 Å². The van der Waals surface area contributed by atoms with E-state index in [4.69, 9.17) is 15.2 Å². The summed E-state index contributed by atoms with van der Waals surface area (Å²) in [6, 6.07) is 1.95. The van der Waals surface area contributed by atoms with Crippen LogP contribution >= 0.6 is 11.3 Å². The zero-order valence-electron chi connectivity index (χ0n) is 11.8. The van der Waals surface area contributed by atoms with Gasteiger partial charge in [-0.25, -0.2) is 0 Å². The molecule has 102 valence electrons. The molecule has 1 saturated heterocycles. The summed E-state index contributed by atoms with van der Waals surface area (Å²) in [5.74, 6) is 1.20. The molecule has 1 fully saturated rings. The van der Waals surface area contributed by atoms with Gasteiger partial charge < -0.3 is 15.2 Å². The van der Waals surface area contributed by atoms with Crippen molar-refractivity contribution in [3.05, 3.63) is 16.3 Å². The highest BCUT2D eigenvalue weighted by Gasteiger charge is 2.49. The molecule has 2 heterocycles. The molecular weight excluding hydrogens is 246 g/mol. The lowest BCUT2D eigenvalue weighted by atomic mass is 9.81. The third kappa shape index (κ3) is 2.42. The van der Waals surface area contributed by atoms with Crippen LogP contribution in [-0.4, -0.2) is 18.3 Å². The van der Waals surface area contributed by atoms with Crippen LogP contribution in [0.3, 0.4) is 0 Å². The average Bonchev–Trinajstić information content (AvgIpc) is 2.78. The highest BCUT2D eigenvalue weighted by molar-refractivity contribution is 7.10. The molecule has 2 N–H and O–H groups in total. The van der Waals surface area contributed by atoms with Gasteiger partial charge in [0.05, 0.1) is 23.2 Å². The molecule has 2 unspecified atom stereocenters. The van der Waals surface area contributed by atoms with Crippen molar-refractivity contribution >= 4 is 11.3 Å². The van der Waals surface area contributed by atoms with Crippen LogP contribution in [0.5, 0.6) is 5.75 Å². The zero-order valence-corrected chi connectivity index (χ0v) is 12.6. The SMILES string of the molecule is COc1ccsc1C(N)C1CC(C)(C)OC1(C)C. The molecule has 1 aromatic rings. The molecule has 4 heteroatoms. The highest BCUT2D eigenvalue weighted by atomic mass is 32.1. The van der Waals surface area contributed by atoms with Crippen molar-refractivity contribution in [2.24, 2.45) is 11.7 Å². The van der Waals surface area contributed by atoms with E-state index >= 15 is 0 Å². The van der Waals surface area contributed by atoms with Crippen molar-refractivity contribution in [1.29, 1.82) is 0 Å². The minimum absolute atomic E-state index is 0.0308. The maximum absolute atomic E-state index is 6.47. The highest BCUT2D eigenvalue weighted by Crippen LogP contribution is 2.48. The van der Waals surface area contributed by atoms with E-state index in [1.165, 1.54) is 0 Å². The maximum atomic E-state index is 6.47. The third-order valence-corrected chi connectivity index (χ3v) is 4.76. The van der Waals surface area contributed by atoms with Gasteiger partial charge >= 0.3 is 0 Å². The lowest BCUT2D eigenvalue weighted by Crippen LogP contribution is -2.35. The topological polar surface area (TPSA) is 44.5 Å². The van der Waals surface area contributed by atoms with Crippen LogP contribution in [0.15, 0.2) is 11.4 Å². The minimum Gasteiger partial charge on any atom is -0.496 e. The van der Waals surface area contributed by atoms with Gasteiger partial charge in [0.25, 0.3) is 0 Å². The number of nitrogens with two attached hydrogens (primary N) is 1. The normalized spacial score (nSPS) is 27.1. The molecule has 3 nitrogen and oxygen atoms in total. The van der Waals surface area contributed by atoms with Crippen LogP contribution in [0.4, 0.5) is 0 Å². The van der Waals surface area contributed by atoms with Gasteiger partial charge in [-0.1, -0.05) is 0 Å². The summed E-state index contributed by atoms with van der Waals surface area (Å²) >= 11 is 1.66. The predicted octanol–water partition coefficient (Wildman–Crippen LogP) is 3.35. The van der Waals surface area contributed by atoms with Gasteiger partial charge in [0.2, 0.25) is 0 Å². The second kappa shape index (κ2) is 4.51. The first-order valence-corrected chi connectivity index (χ1v) is 7.22. The van der Waals surface area contributed by atoms with Gasteiger partial charge in [0.15, 0.2) is 0 Å². The molecule has 18 heavy (non-hydrogen) atoms. The minimum atomic E-state index is -0.197. The summed E-state index contributed by atoms with van der Waals surface area (Å²) in [5, 5.41) is 2.03. The lowest BCUT2D eigenvalue weighted by molar-refractivity contribution is -0.0766. The molecule has 1 aliphatic heterocycles. The molecule has 1 aromatic heterocycles. The second-order valence-corrected chi connectivity index (χ2v) is 7.10. The van der Waals surface area contributed by atoms with Gasteiger partial charge in [-0.15, -0.1) is 11.3 Å². The first-order chi connectivity index (χ1) is 8.27. The Morgan fingerprint density at radius 3 is 2.61 bits per heavy atom. The van der Waals surface area contributed by atoms with E-state index in [1.807, 2.05) is 11.4 Å². The van der Waals surface area contributed by atoms with Crippen molar-refractivity contribution in [3.63, 3.8) is 0 Å². The summed E-state index contributed by atoms with van der Waals surface area (Å²) in [6.07, 6.45) is 0.974. The van der Waals surface area contributed by atoms with Gasteiger partial charge in [0.1, 0.15) is 5.75 Å². The van der Waals surface area contributed by atoms with Crippen LogP contribution in [-0.2, 0) is 4.74 Å². The Labute approximate surface area is 113 Å². The van der Waals surface area contributed by atoms with Crippen LogP contribution in [0.1, 0.15) is 45.0 Å². The van der Waals surface area contributed by atoms with Crippen LogP contribution in [0, 0.1) is 5.92 Å². The molecule has 0 saturated carbocycles. The van der Waals surface area contributed by atoms with E-state index in [0.717, 1.165) is 17.0 Å². The summed E-state index contributed by atoms with van der Waals surface area (Å²) < 4.78 is 11.5. The number of thiophene rings is 1. The van der Waals surface area contributed by atoms with E-state index in [0.29, 0.717) is 5.92 Å². The van der Waals surface area contributed by atoms with Crippen molar-refractivity contribution in [2.75, 3.05) is 7.11 Å². The van der Waals surface area contributed by atoms with E-state index in [9.17, 15) is 0 Å². The first kappa shape index (κ1) is 13.8. The van der Waals surface area contributed by atoms with Crippen molar-refractivity contribution in [2.45, 2.75) is 51.4 Å². The Kier molecular flexibility index (Phi) is 3.47. The molecule has 0 spiro atoms. The molecule has 0 amide bonds. The number of hydrogen-bond donors (Lipinski definition) is 1. The summed E-state index contributed by atoms with van der Waals surface area (Å²) in [6.45, 7) is 8.53. The molecular formula is C14H23NO2S. The molecule has 0 radical (unpaired) electrons. The molecule has 2 atom stereocenters. The van der Waals surface area contributed by atoms with Crippen molar-refractivity contribution in [1.82, 2.24) is 0 Å². The summed E-state index contributed by atoms with van der Waals surface area (Å²) in [7, 11) is 1.69. The fraction of sp³-hybridized carbons (Fsp3) is 0.714. The Morgan fingerprint density at radius 2 is 2.11 bits per heavy atom. The quantitative estimate of drug-likeness (QED) is 0.915. The first-order valence-electron chi connectivity index (χ1n) is 6.34.